The van der Waals surface area contributed by atoms with Gasteiger partial charge >= 0.3 is 0 Å². The lowest BCUT2D eigenvalue weighted by molar-refractivity contribution is -0.111. The Morgan fingerprint density at radius 3 is 2.60 bits per heavy atom. The molecule has 0 heterocycles. The van der Waals surface area contributed by atoms with E-state index in [9.17, 15) is 4.79 Å². The average Bonchev–Trinajstić information content (AvgIpc) is 2.18. The highest BCUT2D eigenvalue weighted by Crippen LogP contribution is 2.23. The van der Waals surface area contributed by atoms with Crippen LogP contribution in [0.2, 0.25) is 0 Å². The van der Waals surface area contributed by atoms with E-state index in [2.05, 4.69) is 19.2 Å². The summed E-state index contributed by atoms with van der Waals surface area (Å²) in [6.07, 6.45) is 3.25. The third kappa shape index (κ3) is 3.24. The van der Waals surface area contributed by atoms with Crippen LogP contribution in [-0.4, -0.2) is 5.91 Å². The molecule has 1 N–H and O–H groups in total. The summed E-state index contributed by atoms with van der Waals surface area (Å²) < 4.78 is 0. The van der Waals surface area contributed by atoms with E-state index >= 15 is 0 Å². The SMILES string of the molecule is CC=CC(=O)Nc1ccccc1C(C)C. The molecule has 2 heteroatoms. The van der Waals surface area contributed by atoms with E-state index in [1.165, 1.54) is 6.08 Å². The first kappa shape index (κ1) is 11.5. The van der Waals surface area contributed by atoms with Gasteiger partial charge in [0.2, 0.25) is 5.91 Å². The second-order valence-corrected chi connectivity index (χ2v) is 3.73. The van der Waals surface area contributed by atoms with E-state index in [0.29, 0.717) is 5.92 Å². The Bertz CT molecular complexity index is 367. The standard InChI is InChI=1S/C13H17NO/c1-4-7-13(15)14-12-9-6-5-8-11(12)10(2)3/h4-10H,1-3H3,(H,14,15). The van der Waals surface area contributed by atoms with Crippen molar-refractivity contribution in [2.24, 2.45) is 0 Å². The Kier molecular flexibility index (Phi) is 4.10. The molecule has 1 aromatic rings. The third-order valence-corrected chi connectivity index (χ3v) is 2.16. The van der Waals surface area contributed by atoms with Crippen LogP contribution >= 0.6 is 0 Å². The van der Waals surface area contributed by atoms with Crippen LogP contribution < -0.4 is 5.32 Å². The van der Waals surface area contributed by atoms with Crippen molar-refractivity contribution in [3.63, 3.8) is 0 Å². The van der Waals surface area contributed by atoms with Gasteiger partial charge in [0, 0.05) is 5.69 Å². The van der Waals surface area contributed by atoms with Crippen LogP contribution in [0, 0.1) is 0 Å². The Hall–Kier alpha value is -1.57. The van der Waals surface area contributed by atoms with E-state index in [4.69, 9.17) is 0 Å². The molecule has 80 valence electrons. The molecule has 0 spiro atoms. The molecule has 1 rings (SSSR count). The van der Waals surface area contributed by atoms with Gasteiger partial charge < -0.3 is 5.32 Å². The molecule has 0 aromatic heterocycles. The summed E-state index contributed by atoms with van der Waals surface area (Å²) >= 11 is 0. The summed E-state index contributed by atoms with van der Waals surface area (Å²) in [5.41, 5.74) is 2.06. The highest BCUT2D eigenvalue weighted by atomic mass is 16.1. The lowest BCUT2D eigenvalue weighted by atomic mass is 10.0. The molecule has 1 amide bonds. The first-order valence-electron chi connectivity index (χ1n) is 5.17. The van der Waals surface area contributed by atoms with Crippen LogP contribution in [0.25, 0.3) is 0 Å². The number of amides is 1. The summed E-state index contributed by atoms with van der Waals surface area (Å²) in [6.45, 7) is 6.05. The average molecular weight is 203 g/mol. The van der Waals surface area contributed by atoms with E-state index in [0.717, 1.165) is 11.3 Å². The van der Waals surface area contributed by atoms with Crippen LogP contribution in [-0.2, 0) is 4.79 Å². The topological polar surface area (TPSA) is 29.1 Å². The van der Waals surface area contributed by atoms with E-state index < -0.39 is 0 Å². The van der Waals surface area contributed by atoms with Crippen molar-refractivity contribution in [2.45, 2.75) is 26.7 Å². The van der Waals surface area contributed by atoms with Crippen LogP contribution in [0.3, 0.4) is 0 Å². The maximum atomic E-state index is 11.4. The molecule has 0 saturated carbocycles. The monoisotopic (exact) mass is 203 g/mol. The number of allylic oxidation sites excluding steroid dienone is 1. The van der Waals surface area contributed by atoms with Gasteiger partial charge in [0.25, 0.3) is 0 Å². The van der Waals surface area contributed by atoms with Crippen LogP contribution in [0.5, 0.6) is 0 Å². The Balaban J connectivity index is 2.89. The minimum absolute atomic E-state index is 0.0781. The van der Waals surface area contributed by atoms with Gasteiger partial charge in [-0.2, -0.15) is 0 Å². The molecule has 0 aliphatic rings. The Labute approximate surface area is 91.0 Å². The maximum Gasteiger partial charge on any atom is 0.248 e. The normalized spacial score (nSPS) is 10.9. The van der Waals surface area contributed by atoms with Crippen molar-refractivity contribution in [3.05, 3.63) is 42.0 Å². The number of carbonyl (C=O) groups is 1. The summed E-state index contributed by atoms with van der Waals surface area (Å²) in [7, 11) is 0. The summed E-state index contributed by atoms with van der Waals surface area (Å²) in [5.74, 6) is 0.331. The highest BCUT2D eigenvalue weighted by molar-refractivity contribution is 5.99. The van der Waals surface area contributed by atoms with Crippen molar-refractivity contribution in [3.8, 4) is 0 Å². The molecule has 0 bridgehead atoms. The Morgan fingerprint density at radius 1 is 1.33 bits per heavy atom. The second kappa shape index (κ2) is 5.35. The first-order valence-corrected chi connectivity index (χ1v) is 5.17. The number of rotatable bonds is 3. The number of benzene rings is 1. The van der Waals surface area contributed by atoms with Crippen molar-refractivity contribution in [1.29, 1.82) is 0 Å². The minimum atomic E-state index is -0.0781. The van der Waals surface area contributed by atoms with Gasteiger partial charge in [-0.1, -0.05) is 38.1 Å². The number of carbonyl (C=O) groups excluding carboxylic acids is 1. The molecule has 0 atom stereocenters. The zero-order chi connectivity index (χ0) is 11.3. The zero-order valence-corrected chi connectivity index (χ0v) is 9.45. The summed E-state index contributed by atoms with van der Waals surface area (Å²) in [4.78, 5) is 11.4. The van der Waals surface area contributed by atoms with Gasteiger partial charge in [-0.25, -0.2) is 0 Å². The lowest BCUT2D eigenvalue weighted by Crippen LogP contribution is -2.10. The fourth-order valence-electron chi connectivity index (χ4n) is 1.44. The lowest BCUT2D eigenvalue weighted by Gasteiger charge is -2.12. The first-order chi connectivity index (χ1) is 7.15. The Morgan fingerprint density at radius 2 is 2.00 bits per heavy atom. The van der Waals surface area contributed by atoms with E-state index in [1.807, 2.05) is 31.2 Å². The molecular formula is C13H17NO. The van der Waals surface area contributed by atoms with E-state index in [-0.39, 0.29) is 5.91 Å². The van der Waals surface area contributed by atoms with Crippen LogP contribution in [0.4, 0.5) is 5.69 Å². The summed E-state index contributed by atoms with van der Waals surface area (Å²) in [6, 6.07) is 7.88. The highest BCUT2D eigenvalue weighted by Gasteiger charge is 2.06. The van der Waals surface area contributed by atoms with Gasteiger partial charge in [-0.15, -0.1) is 0 Å². The third-order valence-electron chi connectivity index (χ3n) is 2.16. The predicted octanol–water partition coefficient (Wildman–Crippen LogP) is 3.32. The number of para-hydroxylation sites is 1. The molecule has 0 radical (unpaired) electrons. The van der Waals surface area contributed by atoms with E-state index in [1.54, 1.807) is 6.08 Å². The number of anilines is 1. The van der Waals surface area contributed by atoms with Gasteiger partial charge in [0.05, 0.1) is 0 Å². The fourth-order valence-corrected chi connectivity index (χ4v) is 1.44. The fraction of sp³-hybridized carbons (Fsp3) is 0.308. The molecule has 0 unspecified atom stereocenters. The maximum absolute atomic E-state index is 11.4. The van der Waals surface area contributed by atoms with Crippen molar-refractivity contribution in [2.75, 3.05) is 5.32 Å². The zero-order valence-electron chi connectivity index (χ0n) is 9.45. The molecule has 0 aliphatic carbocycles. The van der Waals surface area contributed by atoms with Gasteiger partial charge in [-0.3, -0.25) is 4.79 Å². The van der Waals surface area contributed by atoms with Gasteiger partial charge in [0.1, 0.15) is 0 Å². The van der Waals surface area contributed by atoms with Crippen LogP contribution in [0.1, 0.15) is 32.3 Å². The van der Waals surface area contributed by atoms with Crippen molar-refractivity contribution < 1.29 is 4.79 Å². The number of hydrogen-bond acceptors (Lipinski definition) is 1. The molecule has 15 heavy (non-hydrogen) atoms. The smallest absolute Gasteiger partial charge is 0.248 e. The number of hydrogen-bond donors (Lipinski definition) is 1. The van der Waals surface area contributed by atoms with Gasteiger partial charge in [0.15, 0.2) is 0 Å². The quantitative estimate of drug-likeness (QED) is 0.750. The minimum Gasteiger partial charge on any atom is -0.322 e. The van der Waals surface area contributed by atoms with Crippen molar-refractivity contribution >= 4 is 11.6 Å². The van der Waals surface area contributed by atoms with Crippen LogP contribution in [0.15, 0.2) is 36.4 Å². The molecule has 2 nitrogen and oxygen atoms in total. The van der Waals surface area contributed by atoms with Gasteiger partial charge in [-0.05, 0) is 30.5 Å². The molecule has 0 aliphatic heterocycles. The second-order valence-electron chi connectivity index (χ2n) is 3.73. The molecule has 0 saturated heterocycles. The molecule has 0 fully saturated rings. The molecular weight excluding hydrogens is 186 g/mol. The largest absolute Gasteiger partial charge is 0.322 e. The molecule has 1 aromatic carbocycles. The predicted molar refractivity (Wildman–Crippen MR) is 64.0 cm³/mol. The number of nitrogens with one attached hydrogen (secondary N) is 1. The summed E-state index contributed by atoms with van der Waals surface area (Å²) in [5, 5.41) is 2.87. The van der Waals surface area contributed by atoms with Crippen molar-refractivity contribution in [1.82, 2.24) is 0 Å².